The lowest BCUT2D eigenvalue weighted by Crippen LogP contribution is -2.42. The lowest BCUT2D eigenvalue weighted by Gasteiger charge is -2.37. The second kappa shape index (κ2) is 8.62. The van der Waals surface area contributed by atoms with Crippen molar-refractivity contribution in [2.45, 2.75) is 38.8 Å². The summed E-state index contributed by atoms with van der Waals surface area (Å²) >= 11 is 0. The summed E-state index contributed by atoms with van der Waals surface area (Å²) in [5.41, 5.74) is 4.19. The second-order valence-electron chi connectivity index (χ2n) is 7.93. The maximum Gasteiger partial charge on any atom is 0.246 e. The largest absolute Gasteiger partial charge is 0.324 e. The Balaban J connectivity index is 1.53. The van der Waals surface area contributed by atoms with Gasteiger partial charge in [-0.05, 0) is 61.6 Å². The molecule has 0 saturated carbocycles. The van der Waals surface area contributed by atoms with Gasteiger partial charge in [0.2, 0.25) is 5.91 Å². The van der Waals surface area contributed by atoms with Gasteiger partial charge >= 0.3 is 0 Å². The highest BCUT2D eigenvalue weighted by atomic mass is 16.2. The molecule has 1 N–H and O–H groups in total. The lowest BCUT2D eigenvalue weighted by molar-refractivity contribution is -0.122. The van der Waals surface area contributed by atoms with Crippen LogP contribution in [0.25, 0.3) is 0 Å². The van der Waals surface area contributed by atoms with E-state index in [4.69, 9.17) is 0 Å². The first kappa shape index (κ1) is 19.4. The van der Waals surface area contributed by atoms with Gasteiger partial charge in [-0.25, -0.2) is 0 Å². The third-order valence-electron chi connectivity index (χ3n) is 5.62. The number of carbonyl (C=O) groups excluding carboxylic acids is 1. The van der Waals surface area contributed by atoms with Gasteiger partial charge in [0.05, 0.1) is 6.04 Å². The Labute approximate surface area is 172 Å². The van der Waals surface area contributed by atoms with E-state index in [2.05, 4.69) is 35.2 Å². The molecular formula is C24H28N4O. The molecule has 1 saturated heterocycles. The zero-order valence-corrected chi connectivity index (χ0v) is 17.1. The zero-order valence-electron chi connectivity index (χ0n) is 17.1. The molecule has 150 valence electrons. The molecule has 1 fully saturated rings. The smallest absolute Gasteiger partial charge is 0.246 e. The second-order valence-corrected chi connectivity index (χ2v) is 7.93. The average molecular weight is 389 g/mol. The number of piperidine rings is 1. The van der Waals surface area contributed by atoms with Crippen LogP contribution in [0.1, 0.15) is 41.6 Å². The molecule has 2 aromatic carbocycles. The maximum absolute atomic E-state index is 13.4. The van der Waals surface area contributed by atoms with Gasteiger partial charge in [-0.1, -0.05) is 36.4 Å². The van der Waals surface area contributed by atoms with Gasteiger partial charge in [0.15, 0.2) is 0 Å². The average Bonchev–Trinajstić information content (AvgIpc) is 3.23. The summed E-state index contributed by atoms with van der Waals surface area (Å²) in [5.74, 6) is 0.0266. The van der Waals surface area contributed by atoms with Crippen LogP contribution in [0.3, 0.4) is 0 Å². The third-order valence-corrected chi connectivity index (χ3v) is 5.62. The van der Waals surface area contributed by atoms with E-state index in [0.29, 0.717) is 6.04 Å². The number of aryl methyl sites for hydroxylation is 2. The molecule has 0 bridgehead atoms. The summed E-state index contributed by atoms with van der Waals surface area (Å²) in [4.78, 5) is 15.7. The number of hydrogen-bond acceptors (Lipinski definition) is 3. The molecule has 1 aliphatic rings. The predicted molar refractivity (Wildman–Crippen MR) is 116 cm³/mol. The standard InChI is InChI=1S/C24H28N4O/c1-18-15-19(2)17-21(16-18)26-24(29)23(20-7-4-3-5-8-20)27-13-9-22(10-14-27)28-12-6-11-25-28/h3-8,11-12,15-17,22-23H,9-10,13-14H2,1-2H3,(H,26,29)/t23-/m1/s1. The van der Waals surface area contributed by atoms with E-state index in [1.165, 1.54) is 0 Å². The summed E-state index contributed by atoms with van der Waals surface area (Å²) in [6.45, 7) is 5.84. The number of nitrogens with zero attached hydrogens (tertiary/aromatic N) is 3. The van der Waals surface area contributed by atoms with E-state index in [9.17, 15) is 4.79 Å². The Bertz CT molecular complexity index is 924. The fourth-order valence-electron chi connectivity index (χ4n) is 4.33. The van der Waals surface area contributed by atoms with Gasteiger partial charge in [-0.3, -0.25) is 14.4 Å². The highest BCUT2D eigenvalue weighted by Gasteiger charge is 2.31. The molecule has 0 spiro atoms. The van der Waals surface area contributed by atoms with Gasteiger partial charge in [-0.15, -0.1) is 0 Å². The van der Waals surface area contributed by atoms with Crippen molar-refractivity contribution in [2.75, 3.05) is 18.4 Å². The fraction of sp³-hybridized carbons (Fsp3) is 0.333. The van der Waals surface area contributed by atoms with E-state index in [0.717, 1.165) is 48.3 Å². The molecular weight excluding hydrogens is 360 g/mol. The van der Waals surface area contributed by atoms with Crippen LogP contribution in [0.4, 0.5) is 5.69 Å². The normalized spacial score (nSPS) is 16.5. The van der Waals surface area contributed by atoms with Crippen LogP contribution in [0.5, 0.6) is 0 Å². The molecule has 4 rings (SSSR count). The Morgan fingerprint density at radius 3 is 2.34 bits per heavy atom. The van der Waals surface area contributed by atoms with Crippen molar-refractivity contribution in [3.63, 3.8) is 0 Å². The molecule has 2 heterocycles. The Morgan fingerprint density at radius 2 is 1.72 bits per heavy atom. The molecule has 1 aliphatic heterocycles. The van der Waals surface area contributed by atoms with Crippen molar-refractivity contribution in [3.8, 4) is 0 Å². The van der Waals surface area contributed by atoms with E-state index < -0.39 is 0 Å². The maximum atomic E-state index is 13.4. The van der Waals surface area contributed by atoms with E-state index >= 15 is 0 Å². The number of amides is 1. The zero-order chi connectivity index (χ0) is 20.2. The Morgan fingerprint density at radius 1 is 1.03 bits per heavy atom. The van der Waals surface area contributed by atoms with Crippen LogP contribution in [0, 0.1) is 13.8 Å². The first-order valence-corrected chi connectivity index (χ1v) is 10.3. The Kier molecular flexibility index (Phi) is 5.76. The van der Waals surface area contributed by atoms with E-state index in [1.807, 2.05) is 65.6 Å². The van der Waals surface area contributed by atoms with Crippen molar-refractivity contribution < 1.29 is 4.79 Å². The summed E-state index contributed by atoms with van der Waals surface area (Å²) in [6.07, 6.45) is 5.84. The van der Waals surface area contributed by atoms with Crippen molar-refractivity contribution >= 4 is 11.6 Å². The summed E-state index contributed by atoms with van der Waals surface area (Å²) < 4.78 is 2.05. The molecule has 0 radical (unpaired) electrons. The van der Waals surface area contributed by atoms with Crippen molar-refractivity contribution in [1.82, 2.24) is 14.7 Å². The van der Waals surface area contributed by atoms with E-state index in [1.54, 1.807) is 0 Å². The molecule has 5 nitrogen and oxygen atoms in total. The molecule has 1 atom stereocenters. The molecule has 0 aliphatic carbocycles. The minimum Gasteiger partial charge on any atom is -0.324 e. The topological polar surface area (TPSA) is 50.2 Å². The molecule has 0 unspecified atom stereocenters. The van der Waals surface area contributed by atoms with Gasteiger partial charge in [0.25, 0.3) is 0 Å². The minimum absolute atomic E-state index is 0.0266. The number of anilines is 1. The van der Waals surface area contributed by atoms with Gasteiger partial charge in [0, 0.05) is 31.2 Å². The van der Waals surface area contributed by atoms with Gasteiger partial charge in [0.1, 0.15) is 6.04 Å². The minimum atomic E-state index is -0.296. The van der Waals surface area contributed by atoms with Crippen LogP contribution in [-0.2, 0) is 4.79 Å². The summed E-state index contributed by atoms with van der Waals surface area (Å²) in [7, 11) is 0. The summed E-state index contributed by atoms with van der Waals surface area (Å²) in [5, 5.41) is 7.55. The number of benzene rings is 2. The third kappa shape index (κ3) is 4.57. The number of likely N-dealkylation sites (tertiary alicyclic amines) is 1. The SMILES string of the molecule is Cc1cc(C)cc(NC(=O)[C@@H](c2ccccc2)N2CCC(n3cccn3)CC2)c1. The molecule has 3 aromatic rings. The van der Waals surface area contributed by atoms with Crippen molar-refractivity contribution in [1.29, 1.82) is 0 Å². The first-order chi connectivity index (χ1) is 14.1. The summed E-state index contributed by atoms with van der Waals surface area (Å²) in [6, 6.07) is 18.3. The van der Waals surface area contributed by atoms with Crippen molar-refractivity contribution in [2.24, 2.45) is 0 Å². The number of carbonyl (C=O) groups is 1. The monoisotopic (exact) mass is 388 g/mol. The van der Waals surface area contributed by atoms with Crippen LogP contribution < -0.4 is 5.32 Å². The number of aromatic nitrogens is 2. The molecule has 1 amide bonds. The fourth-order valence-corrected chi connectivity index (χ4v) is 4.33. The number of hydrogen-bond donors (Lipinski definition) is 1. The highest BCUT2D eigenvalue weighted by molar-refractivity contribution is 5.95. The predicted octanol–water partition coefficient (Wildman–Crippen LogP) is 4.52. The van der Waals surface area contributed by atoms with Crippen LogP contribution in [0.15, 0.2) is 67.0 Å². The Hall–Kier alpha value is -2.92. The highest BCUT2D eigenvalue weighted by Crippen LogP contribution is 2.30. The van der Waals surface area contributed by atoms with Crippen LogP contribution in [0.2, 0.25) is 0 Å². The van der Waals surface area contributed by atoms with Crippen LogP contribution >= 0.6 is 0 Å². The lowest BCUT2D eigenvalue weighted by atomic mass is 9.98. The van der Waals surface area contributed by atoms with Gasteiger partial charge in [-0.2, -0.15) is 5.10 Å². The quantitative estimate of drug-likeness (QED) is 0.699. The van der Waals surface area contributed by atoms with Gasteiger partial charge < -0.3 is 5.32 Å². The number of nitrogens with one attached hydrogen (secondary N) is 1. The molecule has 29 heavy (non-hydrogen) atoms. The number of rotatable bonds is 5. The van der Waals surface area contributed by atoms with E-state index in [-0.39, 0.29) is 11.9 Å². The first-order valence-electron chi connectivity index (χ1n) is 10.3. The molecule has 1 aromatic heterocycles. The van der Waals surface area contributed by atoms with Crippen LogP contribution in [-0.4, -0.2) is 33.7 Å². The van der Waals surface area contributed by atoms with Crippen molar-refractivity contribution in [3.05, 3.63) is 83.7 Å². The molecule has 5 heteroatoms.